The van der Waals surface area contributed by atoms with Crippen LogP contribution < -0.4 is 5.32 Å². The number of benzene rings is 1. The number of carboxylic acid groups (broad SMARTS) is 1. The number of nitrogens with one attached hydrogen (secondary N) is 1. The fourth-order valence-corrected chi connectivity index (χ4v) is 4.18. The third-order valence-corrected chi connectivity index (χ3v) is 5.89. The van der Waals surface area contributed by atoms with Crippen LogP contribution in [0, 0.1) is 11.3 Å². The van der Waals surface area contributed by atoms with E-state index < -0.39 is 11.4 Å². The second-order valence-corrected chi connectivity index (χ2v) is 7.57. The third-order valence-electron chi connectivity index (χ3n) is 5.36. The minimum atomic E-state index is -0.706. The van der Waals surface area contributed by atoms with E-state index in [2.05, 4.69) is 21.2 Å². The number of hydrogen-bond acceptors (Lipinski definition) is 3. The van der Waals surface area contributed by atoms with Gasteiger partial charge in [0.25, 0.3) is 0 Å². The summed E-state index contributed by atoms with van der Waals surface area (Å²) >= 11 is 3.36. The quantitative estimate of drug-likeness (QED) is 0.788. The van der Waals surface area contributed by atoms with Crippen LogP contribution in [0.25, 0.3) is 0 Å². The Hall–Kier alpha value is -1.11. The third kappa shape index (κ3) is 3.46. The van der Waals surface area contributed by atoms with Crippen LogP contribution >= 0.6 is 28.3 Å². The van der Waals surface area contributed by atoms with Crippen LogP contribution in [0.2, 0.25) is 0 Å². The van der Waals surface area contributed by atoms with Gasteiger partial charge in [0.15, 0.2) is 0 Å². The van der Waals surface area contributed by atoms with E-state index in [0.29, 0.717) is 13.1 Å². The first-order valence-electron chi connectivity index (χ1n) is 7.96. The van der Waals surface area contributed by atoms with Gasteiger partial charge in [0.05, 0.1) is 11.5 Å². The summed E-state index contributed by atoms with van der Waals surface area (Å²) in [5.74, 6) is -0.626. The Morgan fingerprint density at radius 1 is 1.38 bits per heavy atom. The standard InChI is InChI=1S/C17H21BrN2O3.ClH/c1-11(15(21)19-14-6-4-13(18)5-7-14)20-9-12-3-2-8-17(12,10-20)16(22)23;/h4-7,11-12H,2-3,8-10H2,1H3,(H,19,21)(H,22,23);1H/t11?,12-,17+;/m0./s1. The topological polar surface area (TPSA) is 69.6 Å². The predicted octanol–water partition coefficient (Wildman–Crippen LogP) is 3.38. The van der Waals surface area contributed by atoms with Gasteiger partial charge in [0, 0.05) is 23.2 Å². The Bertz CT molecular complexity index is 625. The first kappa shape index (κ1) is 19.2. The molecule has 1 aliphatic carbocycles. The number of nitrogens with zero attached hydrogens (tertiary/aromatic N) is 1. The molecule has 1 heterocycles. The van der Waals surface area contributed by atoms with E-state index in [1.165, 1.54) is 0 Å². The lowest BCUT2D eigenvalue weighted by molar-refractivity contribution is -0.149. The number of anilines is 1. The second-order valence-electron chi connectivity index (χ2n) is 6.65. The molecule has 2 aliphatic rings. The van der Waals surface area contributed by atoms with Gasteiger partial charge in [-0.3, -0.25) is 14.5 Å². The summed E-state index contributed by atoms with van der Waals surface area (Å²) < 4.78 is 0.958. The number of aliphatic carboxylic acids is 1. The van der Waals surface area contributed by atoms with Gasteiger partial charge < -0.3 is 10.4 Å². The van der Waals surface area contributed by atoms with Crippen molar-refractivity contribution in [2.45, 2.75) is 32.2 Å². The van der Waals surface area contributed by atoms with E-state index in [1.807, 2.05) is 36.1 Å². The number of carboxylic acids is 1. The average molecular weight is 418 g/mol. The molecular weight excluding hydrogens is 396 g/mol. The summed E-state index contributed by atoms with van der Waals surface area (Å²) in [4.78, 5) is 26.2. The van der Waals surface area contributed by atoms with Crippen LogP contribution in [0.15, 0.2) is 28.7 Å². The molecule has 132 valence electrons. The minimum absolute atomic E-state index is 0. The van der Waals surface area contributed by atoms with E-state index in [-0.39, 0.29) is 30.3 Å². The largest absolute Gasteiger partial charge is 0.481 e. The lowest BCUT2D eigenvalue weighted by Gasteiger charge is -2.26. The lowest BCUT2D eigenvalue weighted by Crippen LogP contribution is -2.43. The number of amides is 1. The molecule has 1 saturated carbocycles. The highest BCUT2D eigenvalue weighted by Gasteiger charge is 2.55. The normalized spacial score (nSPS) is 27.2. The molecule has 0 bridgehead atoms. The molecule has 5 nitrogen and oxygen atoms in total. The molecule has 1 saturated heterocycles. The molecule has 7 heteroatoms. The van der Waals surface area contributed by atoms with E-state index >= 15 is 0 Å². The van der Waals surface area contributed by atoms with Gasteiger partial charge in [-0.05, 0) is 49.9 Å². The fraction of sp³-hybridized carbons (Fsp3) is 0.529. The molecule has 1 aromatic carbocycles. The van der Waals surface area contributed by atoms with Crippen molar-refractivity contribution in [3.8, 4) is 0 Å². The van der Waals surface area contributed by atoms with Crippen LogP contribution in [0.4, 0.5) is 5.69 Å². The van der Waals surface area contributed by atoms with Crippen LogP contribution in [0.1, 0.15) is 26.2 Å². The van der Waals surface area contributed by atoms with Crippen molar-refractivity contribution in [2.75, 3.05) is 18.4 Å². The molecule has 0 spiro atoms. The first-order valence-corrected chi connectivity index (χ1v) is 8.75. The summed E-state index contributed by atoms with van der Waals surface area (Å²) in [6, 6.07) is 7.10. The molecule has 1 amide bonds. The van der Waals surface area contributed by atoms with Crippen LogP contribution in [-0.2, 0) is 9.59 Å². The summed E-state index contributed by atoms with van der Waals surface area (Å²) in [6.45, 7) is 3.02. The van der Waals surface area contributed by atoms with Gasteiger partial charge in [0.1, 0.15) is 0 Å². The lowest BCUT2D eigenvalue weighted by atomic mass is 9.81. The average Bonchev–Trinajstić information content (AvgIpc) is 3.06. The van der Waals surface area contributed by atoms with Gasteiger partial charge in [-0.1, -0.05) is 22.4 Å². The van der Waals surface area contributed by atoms with Crippen LogP contribution in [0.5, 0.6) is 0 Å². The number of likely N-dealkylation sites (tertiary alicyclic amines) is 1. The molecular formula is C17H22BrClN2O3. The summed E-state index contributed by atoms with van der Waals surface area (Å²) in [5, 5.41) is 12.5. The Morgan fingerprint density at radius 3 is 2.62 bits per heavy atom. The molecule has 3 atom stereocenters. The minimum Gasteiger partial charge on any atom is -0.481 e. The first-order chi connectivity index (χ1) is 10.9. The smallest absolute Gasteiger partial charge is 0.311 e. The zero-order chi connectivity index (χ0) is 16.6. The van der Waals surface area contributed by atoms with E-state index in [0.717, 1.165) is 29.4 Å². The van der Waals surface area contributed by atoms with Gasteiger partial charge in [-0.25, -0.2) is 0 Å². The SMILES string of the molecule is CC(C(=O)Nc1ccc(Br)cc1)N1C[C@@H]2CCC[C@@]2(C(=O)O)C1.Cl. The fourth-order valence-electron chi connectivity index (χ4n) is 3.92. The predicted molar refractivity (Wildman–Crippen MR) is 98.5 cm³/mol. The highest BCUT2D eigenvalue weighted by atomic mass is 79.9. The van der Waals surface area contributed by atoms with Crippen LogP contribution in [0.3, 0.4) is 0 Å². The highest BCUT2D eigenvalue weighted by Crippen LogP contribution is 2.49. The van der Waals surface area contributed by atoms with E-state index in [9.17, 15) is 14.7 Å². The zero-order valence-corrected chi connectivity index (χ0v) is 15.9. The maximum atomic E-state index is 12.5. The molecule has 1 aliphatic heterocycles. The van der Waals surface area contributed by atoms with Crippen molar-refractivity contribution in [3.05, 3.63) is 28.7 Å². The zero-order valence-electron chi connectivity index (χ0n) is 13.5. The molecule has 0 aromatic heterocycles. The van der Waals surface area contributed by atoms with Gasteiger partial charge in [0.2, 0.25) is 5.91 Å². The highest BCUT2D eigenvalue weighted by molar-refractivity contribution is 9.10. The molecule has 2 N–H and O–H groups in total. The maximum absolute atomic E-state index is 12.5. The summed E-state index contributed by atoms with van der Waals surface area (Å²) in [7, 11) is 0. The Labute approximate surface area is 156 Å². The Morgan fingerprint density at radius 2 is 2.04 bits per heavy atom. The van der Waals surface area contributed by atoms with Gasteiger partial charge in [-0.15, -0.1) is 12.4 Å². The molecule has 1 unspecified atom stereocenters. The van der Waals surface area contributed by atoms with Gasteiger partial charge >= 0.3 is 5.97 Å². The summed E-state index contributed by atoms with van der Waals surface area (Å²) in [6.07, 6.45) is 2.65. The number of fused-ring (bicyclic) bond motifs is 1. The van der Waals surface area contributed by atoms with Crippen molar-refractivity contribution in [1.82, 2.24) is 4.90 Å². The van der Waals surface area contributed by atoms with Crippen molar-refractivity contribution < 1.29 is 14.7 Å². The molecule has 1 aromatic rings. The Kier molecular flexibility index (Phi) is 5.94. The molecule has 0 radical (unpaired) electrons. The number of rotatable bonds is 4. The van der Waals surface area contributed by atoms with Crippen molar-refractivity contribution in [1.29, 1.82) is 0 Å². The van der Waals surface area contributed by atoms with Crippen molar-refractivity contribution >= 4 is 45.9 Å². The number of hydrogen-bond donors (Lipinski definition) is 2. The number of carbonyl (C=O) groups is 2. The van der Waals surface area contributed by atoms with E-state index in [4.69, 9.17) is 0 Å². The molecule has 24 heavy (non-hydrogen) atoms. The van der Waals surface area contributed by atoms with Crippen LogP contribution in [-0.4, -0.2) is 41.0 Å². The Balaban J connectivity index is 0.00000208. The van der Waals surface area contributed by atoms with E-state index in [1.54, 1.807) is 0 Å². The molecule has 3 rings (SSSR count). The van der Waals surface area contributed by atoms with Crippen molar-refractivity contribution in [3.63, 3.8) is 0 Å². The monoisotopic (exact) mass is 416 g/mol. The number of halogens is 2. The summed E-state index contributed by atoms with van der Waals surface area (Å²) in [5.41, 5.74) is 0.101. The second kappa shape index (κ2) is 7.42. The van der Waals surface area contributed by atoms with Crippen molar-refractivity contribution in [2.24, 2.45) is 11.3 Å². The molecule has 2 fully saturated rings. The maximum Gasteiger partial charge on any atom is 0.311 e. The number of carbonyl (C=O) groups excluding carboxylic acids is 1. The van der Waals surface area contributed by atoms with Gasteiger partial charge in [-0.2, -0.15) is 0 Å².